The van der Waals surface area contributed by atoms with Crippen LogP contribution in [0.5, 0.6) is 0 Å². The molecule has 0 amide bonds. The number of hydrogen-bond acceptors (Lipinski definition) is 2. The van der Waals surface area contributed by atoms with Gasteiger partial charge in [-0.3, -0.25) is 4.79 Å². The van der Waals surface area contributed by atoms with E-state index in [2.05, 4.69) is 36.5 Å². The monoisotopic (exact) mass is 235 g/mol. The SMILES string of the molecule is CCc1ccc(C(CC(C)C(=O)O)NC)cc1. The summed E-state index contributed by atoms with van der Waals surface area (Å²) < 4.78 is 0. The summed E-state index contributed by atoms with van der Waals surface area (Å²) in [6.07, 6.45) is 1.63. The topological polar surface area (TPSA) is 49.3 Å². The van der Waals surface area contributed by atoms with Gasteiger partial charge in [-0.05, 0) is 31.0 Å². The Balaban J connectivity index is 2.75. The van der Waals surface area contributed by atoms with Crippen molar-refractivity contribution in [3.8, 4) is 0 Å². The molecule has 2 atom stereocenters. The zero-order valence-corrected chi connectivity index (χ0v) is 10.7. The van der Waals surface area contributed by atoms with E-state index < -0.39 is 5.97 Å². The van der Waals surface area contributed by atoms with Crippen LogP contribution in [-0.2, 0) is 11.2 Å². The molecular weight excluding hydrogens is 214 g/mol. The van der Waals surface area contributed by atoms with E-state index in [0.29, 0.717) is 6.42 Å². The van der Waals surface area contributed by atoms with Crippen molar-refractivity contribution in [2.75, 3.05) is 7.05 Å². The standard InChI is InChI=1S/C14H21NO2/c1-4-11-5-7-12(8-6-11)13(15-3)9-10(2)14(16)17/h5-8,10,13,15H,4,9H2,1-3H3,(H,16,17). The summed E-state index contributed by atoms with van der Waals surface area (Å²) in [5.41, 5.74) is 2.45. The van der Waals surface area contributed by atoms with Gasteiger partial charge in [0.05, 0.1) is 5.92 Å². The van der Waals surface area contributed by atoms with Crippen molar-refractivity contribution in [2.45, 2.75) is 32.7 Å². The van der Waals surface area contributed by atoms with E-state index in [1.54, 1.807) is 6.92 Å². The first kappa shape index (κ1) is 13.7. The zero-order valence-electron chi connectivity index (χ0n) is 10.7. The third kappa shape index (κ3) is 3.86. The Hall–Kier alpha value is -1.35. The van der Waals surface area contributed by atoms with Crippen LogP contribution in [-0.4, -0.2) is 18.1 Å². The number of rotatable bonds is 6. The molecule has 0 heterocycles. The average molecular weight is 235 g/mol. The Morgan fingerprint density at radius 1 is 1.35 bits per heavy atom. The molecule has 0 radical (unpaired) electrons. The molecule has 2 N–H and O–H groups in total. The van der Waals surface area contributed by atoms with Crippen molar-refractivity contribution in [1.29, 1.82) is 0 Å². The number of hydrogen-bond donors (Lipinski definition) is 2. The first-order valence-corrected chi connectivity index (χ1v) is 6.07. The van der Waals surface area contributed by atoms with Crippen LogP contribution in [0.3, 0.4) is 0 Å². The quantitative estimate of drug-likeness (QED) is 0.797. The minimum atomic E-state index is -0.740. The van der Waals surface area contributed by atoms with Crippen LogP contribution in [0.2, 0.25) is 0 Å². The highest BCUT2D eigenvalue weighted by molar-refractivity contribution is 5.69. The van der Waals surface area contributed by atoms with Crippen molar-refractivity contribution in [1.82, 2.24) is 5.32 Å². The second-order valence-electron chi connectivity index (χ2n) is 4.41. The molecule has 0 aliphatic carbocycles. The molecule has 0 aliphatic heterocycles. The molecule has 0 aliphatic rings. The van der Waals surface area contributed by atoms with E-state index in [0.717, 1.165) is 12.0 Å². The molecule has 0 bridgehead atoms. The maximum atomic E-state index is 10.9. The highest BCUT2D eigenvalue weighted by atomic mass is 16.4. The maximum Gasteiger partial charge on any atom is 0.306 e. The lowest BCUT2D eigenvalue weighted by atomic mass is 9.95. The molecule has 1 rings (SSSR count). The molecule has 3 nitrogen and oxygen atoms in total. The summed E-state index contributed by atoms with van der Waals surface area (Å²) in [5, 5.41) is 12.1. The van der Waals surface area contributed by atoms with Crippen LogP contribution in [0.15, 0.2) is 24.3 Å². The minimum absolute atomic E-state index is 0.104. The summed E-state index contributed by atoms with van der Waals surface area (Å²) in [5.74, 6) is -1.08. The Morgan fingerprint density at radius 2 is 1.94 bits per heavy atom. The first-order chi connectivity index (χ1) is 8.08. The predicted molar refractivity (Wildman–Crippen MR) is 69.0 cm³/mol. The van der Waals surface area contributed by atoms with Gasteiger partial charge in [0.1, 0.15) is 0 Å². The number of benzene rings is 1. The van der Waals surface area contributed by atoms with Crippen molar-refractivity contribution < 1.29 is 9.90 Å². The van der Waals surface area contributed by atoms with Crippen LogP contribution in [0.25, 0.3) is 0 Å². The second-order valence-corrected chi connectivity index (χ2v) is 4.41. The van der Waals surface area contributed by atoms with Gasteiger partial charge in [-0.1, -0.05) is 38.1 Å². The Labute approximate surface area is 103 Å². The highest BCUT2D eigenvalue weighted by Crippen LogP contribution is 2.21. The van der Waals surface area contributed by atoms with Gasteiger partial charge in [-0.25, -0.2) is 0 Å². The van der Waals surface area contributed by atoms with E-state index in [-0.39, 0.29) is 12.0 Å². The van der Waals surface area contributed by atoms with E-state index in [1.807, 2.05) is 7.05 Å². The molecule has 2 unspecified atom stereocenters. The van der Waals surface area contributed by atoms with E-state index in [9.17, 15) is 4.79 Å². The molecule has 0 saturated carbocycles. The maximum absolute atomic E-state index is 10.9. The van der Waals surface area contributed by atoms with Crippen molar-refractivity contribution in [3.63, 3.8) is 0 Å². The fourth-order valence-electron chi connectivity index (χ4n) is 1.86. The summed E-state index contributed by atoms with van der Waals surface area (Å²) in [4.78, 5) is 10.9. The van der Waals surface area contributed by atoms with Gasteiger partial charge in [0, 0.05) is 6.04 Å². The molecule has 1 aromatic rings. The van der Waals surface area contributed by atoms with Gasteiger partial charge in [-0.15, -0.1) is 0 Å². The van der Waals surface area contributed by atoms with Crippen LogP contribution in [0.1, 0.15) is 37.4 Å². The van der Waals surface area contributed by atoms with Gasteiger partial charge in [0.15, 0.2) is 0 Å². The zero-order chi connectivity index (χ0) is 12.8. The largest absolute Gasteiger partial charge is 0.481 e. The third-order valence-electron chi connectivity index (χ3n) is 3.15. The van der Waals surface area contributed by atoms with Gasteiger partial charge >= 0.3 is 5.97 Å². The van der Waals surface area contributed by atoms with E-state index in [4.69, 9.17) is 5.11 Å². The number of aliphatic carboxylic acids is 1. The van der Waals surface area contributed by atoms with Gasteiger partial charge < -0.3 is 10.4 Å². The number of carboxylic acids is 1. The number of carbonyl (C=O) groups is 1. The van der Waals surface area contributed by atoms with Crippen LogP contribution < -0.4 is 5.32 Å². The molecule has 0 spiro atoms. The van der Waals surface area contributed by atoms with Crippen LogP contribution in [0, 0.1) is 5.92 Å². The molecule has 0 aromatic heterocycles. The lowest BCUT2D eigenvalue weighted by Gasteiger charge is -2.19. The van der Waals surface area contributed by atoms with Crippen LogP contribution >= 0.6 is 0 Å². The van der Waals surface area contributed by atoms with Gasteiger partial charge in [0.25, 0.3) is 0 Å². The van der Waals surface area contributed by atoms with Gasteiger partial charge in [-0.2, -0.15) is 0 Å². The Morgan fingerprint density at radius 3 is 2.35 bits per heavy atom. The normalized spacial score (nSPS) is 14.3. The molecule has 0 saturated heterocycles. The summed E-state index contributed by atoms with van der Waals surface area (Å²) in [7, 11) is 1.87. The highest BCUT2D eigenvalue weighted by Gasteiger charge is 2.18. The molecule has 17 heavy (non-hydrogen) atoms. The summed E-state index contributed by atoms with van der Waals surface area (Å²) >= 11 is 0. The average Bonchev–Trinajstić information content (AvgIpc) is 2.35. The summed E-state index contributed by atoms with van der Waals surface area (Å²) in [6.45, 7) is 3.87. The first-order valence-electron chi connectivity index (χ1n) is 6.07. The van der Waals surface area contributed by atoms with Crippen molar-refractivity contribution >= 4 is 5.97 Å². The lowest BCUT2D eigenvalue weighted by molar-refractivity contribution is -0.141. The minimum Gasteiger partial charge on any atom is -0.481 e. The molecule has 3 heteroatoms. The van der Waals surface area contributed by atoms with E-state index >= 15 is 0 Å². The molecule has 94 valence electrons. The Kier molecular flexibility index (Phi) is 5.16. The molecule has 1 aromatic carbocycles. The number of nitrogens with one attached hydrogen (secondary N) is 1. The van der Waals surface area contributed by atoms with E-state index in [1.165, 1.54) is 5.56 Å². The van der Waals surface area contributed by atoms with Crippen molar-refractivity contribution in [2.24, 2.45) is 5.92 Å². The van der Waals surface area contributed by atoms with Gasteiger partial charge in [0.2, 0.25) is 0 Å². The summed E-state index contributed by atoms with van der Waals surface area (Å²) in [6, 6.07) is 8.46. The number of carboxylic acid groups (broad SMARTS) is 1. The Bertz CT molecular complexity index is 359. The smallest absolute Gasteiger partial charge is 0.306 e. The molecular formula is C14H21NO2. The predicted octanol–water partition coefficient (Wildman–Crippen LogP) is 2.62. The van der Waals surface area contributed by atoms with Crippen LogP contribution in [0.4, 0.5) is 0 Å². The van der Waals surface area contributed by atoms with Crippen molar-refractivity contribution in [3.05, 3.63) is 35.4 Å². The second kappa shape index (κ2) is 6.40. The lowest BCUT2D eigenvalue weighted by Crippen LogP contribution is -2.22. The molecule has 0 fully saturated rings. The fourth-order valence-corrected chi connectivity index (χ4v) is 1.86. The number of aryl methyl sites for hydroxylation is 1. The fraction of sp³-hybridized carbons (Fsp3) is 0.500. The third-order valence-corrected chi connectivity index (χ3v) is 3.15.